The van der Waals surface area contributed by atoms with Gasteiger partial charge in [0.1, 0.15) is 12.1 Å². The van der Waals surface area contributed by atoms with Crippen molar-refractivity contribution in [3.63, 3.8) is 0 Å². The molecule has 3 aromatic rings. The topological polar surface area (TPSA) is 83.3 Å². The Bertz CT molecular complexity index is 1010. The molecule has 1 atom stereocenters. The van der Waals surface area contributed by atoms with E-state index in [1.165, 1.54) is 11.3 Å². The Balaban J connectivity index is 0.00000289. The van der Waals surface area contributed by atoms with Crippen LogP contribution in [-0.2, 0) is 7.05 Å². The Kier molecular flexibility index (Phi) is 9.39. The van der Waals surface area contributed by atoms with E-state index in [0.29, 0.717) is 19.0 Å². The van der Waals surface area contributed by atoms with Gasteiger partial charge < -0.3 is 15.5 Å². The minimum Gasteiger partial charge on any atom is -0.367 e. The smallest absolute Gasteiger partial charge is 0.193 e. The van der Waals surface area contributed by atoms with Gasteiger partial charge in [0.2, 0.25) is 0 Å². The zero-order chi connectivity index (χ0) is 21.5. The maximum Gasteiger partial charge on any atom is 0.193 e. The minimum atomic E-state index is 0. The van der Waals surface area contributed by atoms with E-state index in [-0.39, 0.29) is 24.0 Å². The lowest BCUT2D eigenvalue weighted by atomic mass is 10.2. The third-order valence-corrected chi connectivity index (χ3v) is 6.59. The molecule has 1 aliphatic heterocycles. The summed E-state index contributed by atoms with van der Waals surface area (Å²) in [5, 5.41) is 12.0. The van der Waals surface area contributed by atoms with Gasteiger partial charge in [0.25, 0.3) is 0 Å². The molecule has 0 aliphatic carbocycles. The van der Waals surface area contributed by atoms with Crippen LogP contribution < -0.4 is 10.6 Å². The van der Waals surface area contributed by atoms with E-state index in [9.17, 15) is 0 Å². The second-order valence-electron chi connectivity index (χ2n) is 7.61. The summed E-state index contributed by atoms with van der Waals surface area (Å²) in [5.41, 5.74) is 0.825. The van der Waals surface area contributed by atoms with Crippen LogP contribution >= 0.6 is 35.7 Å². The van der Waals surface area contributed by atoms with E-state index in [4.69, 9.17) is 4.99 Å². The molecule has 32 heavy (non-hydrogen) atoms. The van der Waals surface area contributed by atoms with Crippen molar-refractivity contribution in [2.24, 2.45) is 18.0 Å². The zero-order valence-electron chi connectivity index (χ0n) is 18.6. The molecule has 1 aromatic carbocycles. The molecule has 8 nitrogen and oxygen atoms in total. The molecule has 2 N–H and O–H groups in total. The third-order valence-electron chi connectivity index (χ3n) is 5.34. The Morgan fingerprint density at radius 2 is 2.09 bits per heavy atom. The summed E-state index contributed by atoms with van der Waals surface area (Å²) < 4.78 is 1.75. The molecule has 172 valence electrons. The number of anilines is 1. The van der Waals surface area contributed by atoms with Gasteiger partial charge in [-0.2, -0.15) is 5.10 Å². The van der Waals surface area contributed by atoms with Crippen molar-refractivity contribution >= 4 is 58.5 Å². The lowest BCUT2D eigenvalue weighted by molar-refractivity contribution is 0.475. The summed E-state index contributed by atoms with van der Waals surface area (Å²) in [7, 11) is 1.88. The number of benzene rings is 1. The number of aryl methyl sites for hydroxylation is 1. The van der Waals surface area contributed by atoms with Gasteiger partial charge in [0, 0.05) is 43.9 Å². The second kappa shape index (κ2) is 12.2. The summed E-state index contributed by atoms with van der Waals surface area (Å²) in [6, 6.07) is 10.7. The van der Waals surface area contributed by atoms with Gasteiger partial charge in [-0.15, -0.1) is 35.7 Å². The Morgan fingerprint density at radius 3 is 2.91 bits per heavy atom. The van der Waals surface area contributed by atoms with Crippen LogP contribution in [-0.4, -0.2) is 69.1 Å². The molecular weight excluding hydrogens is 535 g/mol. The molecule has 3 heterocycles. The zero-order valence-corrected chi connectivity index (χ0v) is 21.7. The Hall–Kier alpha value is -2.08. The standard InChI is InChI=1S/C22H30N8S.HI/c1-3-23-22(30-12-9-17(14-30)15-31-18-7-5-4-6-8-18)25-11-10-24-20-19-13-28-29(2)21(19)27-16-26-20;/h4-8,13,16-17H,3,9-12,14-15H2,1-2H3,(H,23,25)(H,24,26,27);1H. The van der Waals surface area contributed by atoms with Crippen LogP contribution in [0.3, 0.4) is 0 Å². The number of nitrogens with one attached hydrogen (secondary N) is 2. The quantitative estimate of drug-likeness (QED) is 0.142. The first kappa shape index (κ1) is 24.6. The average molecular weight is 567 g/mol. The highest BCUT2D eigenvalue weighted by atomic mass is 127. The average Bonchev–Trinajstić information content (AvgIpc) is 3.43. The fraction of sp³-hybridized carbons (Fsp3) is 0.455. The Morgan fingerprint density at radius 1 is 1.25 bits per heavy atom. The number of guanidine groups is 1. The molecule has 0 spiro atoms. The van der Waals surface area contributed by atoms with E-state index in [0.717, 1.165) is 48.2 Å². The summed E-state index contributed by atoms with van der Waals surface area (Å²) in [6.45, 7) is 6.48. The minimum absolute atomic E-state index is 0. The molecule has 0 amide bonds. The summed E-state index contributed by atoms with van der Waals surface area (Å²) >= 11 is 1.95. The molecule has 1 aliphatic rings. The largest absolute Gasteiger partial charge is 0.367 e. The molecular formula is C22H31IN8S. The van der Waals surface area contributed by atoms with E-state index < -0.39 is 0 Å². The number of likely N-dealkylation sites (tertiary alicyclic amines) is 1. The van der Waals surface area contributed by atoms with Crippen LogP contribution in [0.5, 0.6) is 0 Å². The van der Waals surface area contributed by atoms with Crippen LogP contribution in [0.2, 0.25) is 0 Å². The van der Waals surface area contributed by atoms with Gasteiger partial charge >= 0.3 is 0 Å². The Labute approximate surface area is 210 Å². The van der Waals surface area contributed by atoms with E-state index in [2.05, 4.69) is 67.9 Å². The molecule has 0 saturated carbocycles. The number of thioether (sulfide) groups is 1. The molecule has 10 heteroatoms. The molecule has 2 aromatic heterocycles. The first-order valence-electron chi connectivity index (χ1n) is 10.8. The monoisotopic (exact) mass is 566 g/mol. The lowest BCUT2D eigenvalue weighted by Crippen LogP contribution is -2.40. The highest BCUT2D eigenvalue weighted by Crippen LogP contribution is 2.26. The molecule has 1 fully saturated rings. The molecule has 1 saturated heterocycles. The van der Waals surface area contributed by atoms with Gasteiger partial charge in [-0.05, 0) is 31.4 Å². The molecule has 4 rings (SSSR count). The maximum absolute atomic E-state index is 4.85. The number of hydrogen-bond donors (Lipinski definition) is 2. The van der Waals surface area contributed by atoms with Crippen LogP contribution in [0.15, 0.2) is 52.7 Å². The van der Waals surface area contributed by atoms with Crippen molar-refractivity contribution < 1.29 is 0 Å². The molecule has 0 radical (unpaired) electrons. The van der Waals surface area contributed by atoms with Gasteiger partial charge in [-0.25, -0.2) is 9.97 Å². The van der Waals surface area contributed by atoms with E-state index in [1.54, 1.807) is 17.2 Å². The number of hydrogen-bond acceptors (Lipinski definition) is 6. The highest BCUT2D eigenvalue weighted by molar-refractivity contribution is 14.0. The van der Waals surface area contributed by atoms with Crippen molar-refractivity contribution in [3.05, 3.63) is 42.9 Å². The van der Waals surface area contributed by atoms with Gasteiger partial charge in [-0.3, -0.25) is 9.67 Å². The van der Waals surface area contributed by atoms with Crippen molar-refractivity contribution in [2.45, 2.75) is 18.2 Å². The number of aromatic nitrogens is 4. The fourth-order valence-corrected chi connectivity index (χ4v) is 4.81. The summed E-state index contributed by atoms with van der Waals surface area (Å²) in [6.07, 6.45) is 4.57. The number of halogens is 1. The summed E-state index contributed by atoms with van der Waals surface area (Å²) in [4.78, 5) is 17.2. The first-order valence-corrected chi connectivity index (χ1v) is 11.8. The number of fused-ring (bicyclic) bond motifs is 1. The predicted molar refractivity (Wildman–Crippen MR) is 143 cm³/mol. The number of aliphatic imine (C=N–C) groups is 1. The highest BCUT2D eigenvalue weighted by Gasteiger charge is 2.24. The van der Waals surface area contributed by atoms with Gasteiger partial charge in [0.15, 0.2) is 11.6 Å². The van der Waals surface area contributed by atoms with Crippen LogP contribution in [0, 0.1) is 5.92 Å². The fourth-order valence-electron chi connectivity index (χ4n) is 3.76. The van der Waals surface area contributed by atoms with Gasteiger partial charge in [-0.1, -0.05) is 18.2 Å². The second-order valence-corrected chi connectivity index (χ2v) is 8.71. The number of rotatable bonds is 8. The summed E-state index contributed by atoms with van der Waals surface area (Å²) in [5.74, 6) is 3.64. The van der Waals surface area contributed by atoms with Crippen molar-refractivity contribution in [2.75, 3.05) is 43.8 Å². The molecule has 1 unspecified atom stereocenters. The van der Waals surface area contributed by atoms with Crippen LogP contribution in [0.1, 0.15) is 13.3 Å². The first-order chi connectivity index (χ1) is 15.2. The number of nitrogens with zero attached hydrogens (tertiary/aromatic N) is 6. The van der Waals surface area contributed by atoms with E-state index in [1.807, 2.05) is 18.8 Å². The SMILES string of the molecule is CCNC(=NCCNc1ncnc2c1cnn2C)N1CCC(CSc2ccccc2)C1.I. The van der Waals surface area contributed by atoms with Crippen LogP contribution in [0.4, 0.5) is 5.82 Å². The van der Waals surface area contributed by atoms with Crippen molar-refractivity contribution in [1.29, 1.82) is 0 Å². The third kappa shape index (κ3) is 6.25. The van der Waals surface area contributed by atoms with Gasteiger partial charge in [0.05, 0.1) is 18.1 Å². The lowest BCUT2D eigenvalue weighted by Gasteiger charge is -2.21. The predicted octanol–water partition coefficient (Wildman–Crippen LogP) is 3.47. The van der Waals surface area contributed by atoms with Crippen LogP contribution in [0.25, 0.3) is 11.0 Å². The maximum atomic E-state index is 4.85. The molecule has 0 bridgehead atoms. The van der Waals surface area contributed by atoms with Crippen molar-refractivity contribution in [1.82, 2.24) is 30.0 Å². The van der Waals surface area contributed by atoms with E-state index >= 15 is 0 Å². The normalized spacial score (nSPS) is 16.2. The van der Waals surface area contributed by atoms with Crippen molar-refractivity contribution in [3.8, 4) is 0 Å².